The lowest BCUT2D eigenvalue weighted by molar-refractivity contribution is 0.0894. The van der Waals surface area contributed by atoms with Gasteiger partial charge in [-0.15, -0.1) is 0 Å². The summed E-state index contributed by atoms with van der Waals surface area (Å²) in [5, 5.41) is 0. The predicted molar refractivity (Wildman–Crippen MR) is 126 cm³/mol. The Morgan fingerprint density at radius 2 is 0.900 bits per heavy atom. The molecule has 30 heavy (non-hydrogen) atoms. The van der Waals surface area contributed by atoms with Crippen LogP contribution in [-0.2, 0) is 12.8 Å². The van der Waals surface area contributed by atoms with Gasteiger partial charge in [0.15, 0.2) is 11.6 Å². The van der Waals surface area contributed by atoms with E-state index in [1.807, 2.05) is 48.5 Å². The highest BCUT2D eigenvalue weighted by atomic mass is 16.1. The van der Waals surface area contributed by atoms with Crippen molar-refractivity contribution in [3.63, 3.8) is 0 Å². The number of aryl methyl sites for hydroxylation is 2. The zero-order valence-corrected chi connectivity index (χ0v) is 18.9. The van der Waals surface area contributed by atoms with E-state index in [2.05, 4.69) is 13.8 Å². The first-order chi connectivity index (χ1) is 14.6. The lowest BCUT2D eigenvalue weighted by Crippen LogP contribution is -2.08. The summed E-state index contributed by atoms with van der Waals surface area (Å²) >= 11 is 0. The monoisotopic (exact) mass is 406 g/mol. The number of carbonyl (C=O) groups excluding carboxylic acids is 2. The van der Waals surface area contributed by atoms with Gasteiger partial charge < -0.3 is 0 Å². The average Bonchev–Trinajstić information content (AvgIpc) is 2.77. The van der Waals surface area contributed by atoms with Gasteiger partial charge in [-0.1, -0.05) is 107 Å². The van der Waals surface area contributed by atoms with Gasteiger partial charge in [0, 0.05) is 11.1 Å². The molecule has 0 amide bonds. The highest BCUT2D eigenvalue weighted by Crippen LogP contribution is 2.15. The summed E-state index contributed by atoms with van der Waals surface area (Å²) < 4.78 is 0. The van der Waals surface area contributed by atoms with Crippen molar-refractivity contribution in [2.24, 2.45) is 0 Å². The van der Waals surface area contributed by atoms with Crippen LogP contribution in [0.1, 0.15) is 110 Å². The molecule has 0 saturated heterocycles. The predicted octanol–water partition coefficient (Wildman–Crippen LogP) is 7.78. The Hall–Kier alpha value is -2.22. The van der Waals surface area contributed by atoms with Crippen LogP contribution in [0.4, 0.5) is 0 Å². The fourth-order valence-electron chi connectivity index (χ4n) is 3.75. The van der Waals surface area contributed by atoms with Gasteiger partial charge in [-0.2, -0.15) is 0 Å². The lowest BCUT2D eigenvalue weighted by atomic mass is 9.98. The maximum atomic E-state index is 12.5. The van der Waals surface area contributed by atoms with E-state index in [0.29, 0.717) is 11.1 Å². The number of benzene rings is 2. The van der Waals surface area contributed by atoms with E-state index in [4.69, 9.17) is 0 Å². The van der Waals surface area contributed by atoms with Gasteiger partial charge in [0.25, 0.3) is 0 Å². The van der Waals surface area contributed by atoms with Crippen molar-refractivity contribution >= 4 is 11.6 Å². The van der Waals surface area contributed by atoms with Crippen LogP contribution in [0.2, 0.25) is 0 Å². The molecule has 0 aliphatic rings. The Bertz CT molecular complexity index is 756. The fourth-order valence-corrected chi connectivity index (χ4v) is 3.75. The normalized spacial score (nSPS) is 10.9. The van der Waals surface area contributed by atoms with E-state index >= 15 is 0 Å². The molecule has 2 aromatic rings. The Balaban J connectivity index is 1.78. The number of ketones is 2. The molecule has 0 radical (unpaired) electrons. The highest BCUT2D eigenvalue weighted by molar-refractivity contribution is 6.13. The number of unbranched alkanes of at least 4 members (excludes halogenated alkanes) is 7. The molecular weight excluding hydrogens is 368 g/mol. The maximum absolute atomic E-state index is 12.5. The van der Waals surface area contributed by atoms with Crippen LogP contribution >= 0.6 is 0 Å². The molecule has 0 heterocycles. The SMILES string of the molecule is CCCCCCCCc1ccc(C(=O)CC(=O)c2ccc(CCCCC)cc2)cc1. The van der Waals surface area contributed by atoms with Crippen molar-refractivity contribution in [3.8, 4) is 0 Å². The van der Waals surface area contributed by atoms with Crippen LogP contribution in [0, 0.1) is 0 Å². The molecule has 0 bridgehead atoms. The zero-order chi connectivity index (χ0) is 21.6. The molecule has 162 valence electrons. The third kappa shape index (κ3) is 8.65. The van der Waals surface area contributed by atoms with Crippen molar-refractivity contribution in [1.29, 1.82) is 0 Å². The van der Waals surface area contributed by atoms with Crippen molar-refractivity contribution < 1.29 is 9.59 Å². The second-order valence-corrected chi connectivity index (χ2v) is 8.39. The Kier molecular flexibility index (Phi) is 11.1. The van der Waals surface area contributed by atoms with E-state index in [9.17, 15) is 9.59 Å². The van der Waals surface area contributed by atoms with Gasteiger partial charge in [0.05, 0.1) is 6.42 Å². The molecule has 0 fully saturated rings. The van der Waals surface area contributed by atoms with Gasteiger partial charge >= 0.3 is 0 Å². The van der Waals surface area contributed by atoms with Crippen LogP contribution < -0.4 is 0 Å². The van der Waals surface area contributed by atoms with Crippen LogP contribution in [0.5, 0.6) is 0 Å². The van der Waals surface area contributed by atoms with Crippen molar-refractivity contribution in [1.82, 2.24) is 0 Å². The maximum Gasteiger partial charge on any atom is 0.170 e. The van der Waals surface area contributed by atoms with E-state index in [1.54, 1.807) is 0 Å². The molecule has 2 aromatic carbocycles. The number of rotatable bonds is 15. The molecule has 0 unspecified atom stereocenters. The number of carbonyl (C=O) groups is 2. The second kappa shape index (κ2) is 13.9. The molecule has 2 nitrogen and oxygen atoms in total. The van der Waals surface area contributed by atoms with Crippen LogP contribution in [0.3, 0.4) is 0 Å². The number of hydrogen-bond acceptors (Lipinski definition) is 2. The van der Waals surface area contributed by atoms with Gasteiger partial charge in [0.1, 0.15) is 0 Å². The Labute approximate surface area is 183 Å². The molecule has 0 saturated carbocycles. The van der Waals surface area contributed by atoms with E-state index in [1.165, 1.54) is 68.9 Å². The summed E-state index contributed by atoms with van der Waals surface area (Å²) in [5.74, 6) is -0.200. The summed E-state index contributed by atoms with van der Waals surface area (Å²) in [4.78, 5) is 25.0. The van der Waals surface area contributed by atoms with Crippen LogP contribution in [0.15, 0.2) is 48.5 Å². The lowest BCUT2D eigenvalue weighted by Gasteiger charge is -2.06. The standard InChI is InChI=1S/C28H38O2/c1-3-5-7-8-9-11-13-24-16-20-26(21-17-24)28(30)22-27(29)25-18-14-23(15-19-25)12-10-6-4-2/h14-21H,3-13,22H2,1-2H3. The summed E-state index contributed by atoms with van der Waals surface area (Å²) in [6.45, 7) is 4.43. The second-order valence-electron chi connectivity index (χ2n) is 8.39. The Morgan fingerprint density at radius 3 is 1.37 bits per heavy atom. The largest absolute Gasteiger partial charge is 0.294 e. The smallest absolute Gasteiger partial charge is 0.170 e. The molecule has 0 aliphatic carbocycles. The molecule has 0 spiro atoms. The molecule has 0 atom stereocenters. The first kappa shape index (κ1) is 24.1. The molecular formula is C28H38O2. The number of Topliss-reactive ketones (excluding diaryl/α,β-unsaturated/α-hetero) is 2. The van der Waals surface area contributed by atoms with E-state index in [-0.39, 0.29) is 18.0 Å². The summed E-state index contributed by atoms with van der Waals surface area (Å²) in [7, 11) is 0. The van der Waals surface area contributed by atoms with E-state index in [0.717, 1.165) is 12.8 Å². The van der Waals surface area contributed by atoms with Gasteiger partial charge in [0.2, 0.25) is 0 Å². The first-order valence-corrected chi connectivity index (χ1v) is 11.9. The summed E-state index contributed by atoms with van der Waals surface area (Å²) in [6, 6.07) is 15.6. The van der Waals surface area contributed by atoms with Crippen molar-refractivity contribution in [3.05, 3.63) is 70.8 Å². The summed E-state index contributed by atoms with van der Waals surface area (Å²) in [6.07, 6.45) is 13.4. The topological polar surface area (TPSA) is 34.1 Å². The summed E-state index contributed by atoms with van der Waals surface area (Å²) in [5.41, 5.74) is 3.79. The highest BCUT2D eigenvalue weighted by Gasteiger charge is 2.14. The fraction of sp³-hybridized carbons (Fsp3) is 0.500. The van der Waals surface area contributed by atoms with Gasteiger partial charge in [-0.25, -0.2) is 0 Å². The van der Waals surface area contributed by atoms with Gasteiger partial charge in [-0.05, 0) is 36.8 Å². The minimum absolute atomic E-state index is 0.0635. The van der Waals surface area contributed by atoms with Crippen LogP contribution in [-0.4, -0.2) is 11.6 Å². The third-order valence-electron chi connectivity index (χ3n) is 5.76. The van der Waals surface area contributed by atoms with Crippen molar-refractivity contribution in [2.45, 2.75) is 90.9 Å². The molecule has 0 aromatic heterocycles. The van der Waals surface area contributed by atoms with Gasteiger partial charge in [-0.3, -0.25) is 9.59 Å². The quantitative estimate of drug-likeness (QED) is 0.172. The molecule has 0 N–H and O–H groups in total. The first-order valence-electron chi connectivity index (χ1n) is 11.9. The number of hydrogen-bond donors (Lipinski definition) is 0. The molecule has 2 rings (SSSR count). The Morgan fingerprint density at radius 1 is 0.533 bits per heavy atom. The third-order valence-corrected chi connectivity index (χ3v) is 5.76. The van der Waals surface area contributed by atoms with Crippen LogP contribution in [0.25, 0.3) is 0 Å². The molecule has 2 heteroatoms. The molecule has 0 aliphatic heterocycles. The van der Waals surface area contributed by atoms with Crippen molar-refractivity contribution in [2.75, 3.05) is 0 Å². The minimum atomic E-state index is -0.101. The van der Waals surface area contributed by atoms with E-state index < -0.39 is 0 Å². The minimum Gasteiger partial charge on any atom is -0.294 e. The average molecular weight is 407 g/mol. The zero-order valence-electron chi connectivity index (χ0n) is 18.9.